The fourth-order valence-electron chi connectivity index (χ4n) is 2.41. The van der Waals surface area contributed by atoms with E-state index in [0.29, 0.717) is 36.5 Å². The summed E-state index contributed by atoms with van der Waals surface area (Å²) in [5.74, 6) is -1.01. The van der Waals surface area contributed by atoms with Crippen molar-refractivity contribution in [2.24, 2.45) is 5.92 Å². The second-order valence-electron chi connectivity index (χ2n) is 4.88. The minimum Gasteiger partial charge on any atom is -0.481 e. The number of hydrogen-bond acceptors (Lipinski definition) is 3. The van der Waals surface area contributed by atoms with Gasteiger partial charge in [-0.2, -0.15) is 0 Å². The molecule has 5 heteroatoms. The molecular weight excluding hydrogens is 266 g/mol. The normalized spacial score (nSPS) is 16.4. The van der Waals surface area contributed by atoms with E-state index in [4.69, 9.17) is 16.7 Å². The number of aldehydes is 1. The van der Waals surface area contributed by atoms with Gasteiger partial charge in [0, 0.05) is 18.7 Å². The Labute approximate surface area is 117 Å². The summed E-state index contributed by atoms with van der Waals surface area (Å²) in [5, 5.41) is 9.59. The molecule has 0 bridgehead atoms. The van der Waals surface area contributed by atoms with Crippen molar-refractivity contribution in [3.8, 4) is 0 Å². The maximum atomic E-state index is 11.0. The Balaban J connectivity index is 2.19. The van der Waals surface area contributed by atoms with Crippen molar-refractivity contribution < 1.29 is 14.7 Å². The van der Waals surface area contributed by atoms with Gasteiger partial charge >= 0.3 is 5.97 Å². The average Bonchev–Trinajstić information content (AvgIpc) is 2.39. The van der Waals surface area contributed by atoms with Gasteiger partial charge in [0.15, 0.2) is 0 Å². The molecule has 19 heavy (non-hydrogen) atoms. The van der Waals surface area contributed by atoms with E-state index in [0.717, 1.165) is 17.5 Å². The third kappa shape index (κ3) is 2.89. The minimum atomic E-state index is -0.733. The van der Waals surface area contributed by atoms with Gasteiger partial charge in [0.2, 0.25) is 0 Å². The highest BCUT2D eigenvalue weighted by Gasteiger charge is 2.25. The zero-order valence-electron chi connectivity index (χ0n) is 10.7. The molecule has 0 spiro atoms. The quantitative estimate of drug-likeness (QED) is 0.866. The molecule has 1 aromatic carbocycles. The summed E-state index contributed by atoms with van der Waals surface area (Å²) >= 11 is 6.22. The predicted molar refractivity (Wildman–Crippen MR) is 74.1 cm³/mol. The van der Waals surface area contributed by atoms with Crippen LogP contribution in [0.15, 0.2) is 12.1 Å². The summed E-state index contributed by atoms with van der Waals surface area (Å²) in [7, 11) is 0. The van der Waals surface area contributed by atoms with Crippen LogP contribution in [0, 0.1) is 12.8 Å². The largest absolute Gasteiger partial charge is 0.481 e. The van der Waals surface area contributed by atoms with E-state index >= 15 is 0 Å². The molecule has 2 rings (SSSR count). The molecule has 1 aromatic rings. The van der Waals surface area contributed by atoms with Gasteiger partial charge in [-0.25, -0.2) is 0 Å². The molecule has 1 aliphatic rings. The van der Waals surface area contributed by atoms with Crippen LogP contribution in [0.1, 0.15) is 28.8 Å². The van der Waals surface area contributed by atoms with Crippen LogP contribution in [-0.4, -0.2) is 30.5 Å². The van der Waals surface area contributed by atoms with Crippen LogP contribution in [0.5, 0.6) is 0 Å². The summed E-state index contributed by atoms with van der Waals surface area (Å²) < 4.78 is 0. The summed E-state index contributed by atoms with van der Waals surface area (Å²) in [6.07, 6.45) is 2.03. The third-order valence-corrected chi connectivity index (χ3v) is 3.95. The standard InChI is InChI=1S/C14H16ClNO3/c1-9-6-12(15)13(7-11(9)8-17)16-4-2-10(3-5-16)14(18)19/h6-8,10H,2-5H2,1H3,(H,18,19). The number of aliphatic carboxylic acids is 1. The molecule has 0 amide bonds. The fourth-order valence-corrected chi connectivity index (χ4v) is 2.75. The van der Waals surface area contributed by atoms with Gasteiger partial charge in [0.1, 0.15) is 6.29 Å². The second-order valence-corrected chi connectivity index (χ2v) is 5.28. The summed E-state index contributed by atoms with van der Waals surface area (Å²) in [6.45, 7) is 3.14. The number of carbonyl (C=O) groups excluding carboxylic acids is 1. The second kappa shape index (κ2) is 5.61. The van der Waals surface area contributed by atoms with Crippen molar-refractivity contribution in [2.45, 2.75) is 19.8 Å². The van der Waals surface area contributed by atoms with Gasteiger partial charge in [-0.15, -0.1) is 0 Å². The first-order chi connectivity index (χ1) is 9.02. The first kappa shape index (κ1) is 13.9. The smallest absolute Gasteiger partial charge is 0.306 e. The number of aryl methyl sites for hydroxylation is 1. The lowest BCUT2D eigenvalue weighted by Gasteiger charge is -2.32. The van der Waals surface area contributed by atoms with E-state index in [1.165, 1.54) is 0 Å². The Kier molecular flexibility index (Phi) is 4.10. The van der Waals surface area contributed by atoms with Gasteiger partial charge in [-0.3, -0.25) is 9.59 Å². The lowest BCUT2D eigenvalue weighted by atomic mass is 9.96. The highest BCUT2D eigenvalue weighted by atomic mass is 35.5. The van der Waals surface area contributed by atoms with Crippen molar-refractivity contribution in [3.63, 3.8) is 0 Å². The number of piperidine rings is 1. The van der Waals surface area contributed by atoms with Crippen molar-refractivity contribution in [1.82, 2.24) is 0 Å². The molecule has 0 aromatic heterocycles. The number of nitrogens with zero attached hydrogens (tertiary/aromatic N) is 1. The van der Waals surface area contributed by atoms with E-state index in [9.17, 15) is 9.59 Å². The first-order valence-electron chi connectivity index (χ1n) is 6.26. The monoisotopic (exact) mass is 281 g/mol. The van der Waals surface area contributed by atoms with Crippen molar-refractivity contribution in [3.05, 3.63) is 28.3 Å². The maximum absolute atomic E-state index is 11.0. The molecule has 0 saturated carbocycles. The minimum absolute atomic E-state index is 0.272. The van der Waals surface area contributed by atoms with Crippen LogP contribution in [-0.2, 0) is 4.79 Å². The van der Waals surface area contributed by atoms with E-state index < -0.39 is 5.97 Å². The number of carboxylic acids is 1. The number of halogens is 1. The Morgan fingerprint density at radius 3 is 2.58 bits per heavy atom. The first-order valence-corrected chi connectivity index (χ1v) is 6.63. The highest BCUT2D eigenvalue weighted by molar-refractivity contribution is 6.33. The number of rotatable bonds is 3. The number of carbonyl (C=O) groups is 2. The third-order valence-electron chi connectivity index (χ3n) is 3.65. The number of hydrogen-bond donors (Lipinski definition) is 1. The molecule has 4 nitrogen and oxygen atoms in total. The number of anilines is 1. The molecule has 1 fully saturated rings. The predicted octanol–water partition coefficient (Wildman–Crippen LogP) is 2.76. The molecule has 1 saturated heterocycles. The number of benzene rings is 1. The molecular formula is C14H16ClNO3. The molecule has 0 aliphatic carbocycles. The van der Waals surface area contributed by atoms with Gasteiger partial charge in [-0.1, -0.05) is 11.6 Å². The molecule has 102 valence electrons. The summed E-state index contributed by atoms with van der Waals surface area (Å²) in [6, 6.07) is 3.57. The van der Waals surface area contributed by atoms with Gasteiger partial charge < -0.3 is 10.0 Å². The maximum Gasteiger partial charge on any atom is 0.306 e. The van der Waals surface area contributed by atoms with Crippen LogP contribution in [0.25, 0.3) is 0 Å². The van der Waals surface area contributed by atoms with E-state index in [-0.39, 0.29) is 5.92 Å². The highest BCUT2D eigenvalue weighted by Crippen LogP contribution is 2.31. The zero-order valence-corrected chi connectivity index (χ0v) is 11.5. The topological polar surface area (TPSA) is 57.6 Å². The molecule has 1 heterocycles. The van der Waals surface area contributed by atoms with E-state index in [2.05, 4.69) is 0 Å². The van der Waals surface area contributed by atoms with Crippen LogP contribution < -0.4 is 4.90 Å². The molecule has 0 radical (unpaired) electrons. The Morgan fingerprint density at radius 2 is 2.05 bits per heavy atom. The zero-order chi connectivity index (χ0) is 14.0. The summed E-state index contributed by atoms with van der Waals surface area (Å²) in [5.41, 5.74) is 2.29. The van der Waals surface area contributed by atoms with Gasteiger partial charge in [0.05, 0.1) is 16.6 Å². The van der Waals surface area contributed by atoms with Crippen LogP contribution in [0.4, 0.5) is 5.69 Å². The van der Waals surface area contributed by atoms with Crippen LogP contribution in [0.2, 0.25) is 5.02 Å². The Morgan fingerprint density at radius 1 is 1.42 bits per heavy atom. The molecule has 0 atom stereocenters. The van der Waals surface area contributed by atoms with E-state index in [1.54, 1.807) is 12.1 Å². The van der Waals surface area contributed by atoms with E-state index in [1.807, 2.05) is 11.8 Å². The Hall–Kier alpha value is -1.55. The van der Waals surface area contributed by atoms with Crippen LogP contribution in [0.3, 0.4) is 0 Å². The molecule has 0 unspecified atom stereocenters. The Bertz CT molecular complexity index is 508. The number of carboxylic acid groups (broad SMARTS) is 1. The van der Waals surface area contributed by atoms with Crippen LogP contribution >= 0.6 is 11.6 Å². The molecule has 1 N–H and O–H groups in total. The lowest BCUT2D eigenvalue weighted by molar-refractivity contribution is -0.142. The fraction of sp³-hybridized carbons (Fsp3) is 0.429. The van der Waals surface area contributed by atoms with Crippen molar-refractivity contribution in [2.75, 3.05) is 18.0 Å². The van der Waals surface area contributed by atoms with Crippen molar-refractivity contribution in [1.29, 1.82) is 0 Å². The average molecular weight is 282 g/mol. The van der Waals surface area contributed by atoms with Gasteiger partial charge in [-0.05, 0) is 37.5 Å². The lowest BCUT2D eigenvalue weighted by Crippen LogP contribution is -2.36. The molecule has 1 aliphatic heterocycles. The van der Waals surface area contributed by atoms with Gasteiger partial charge in [0.25, 0.3) is 0 Å². The van der Waals surface area contributed by atoms with Crippen molar-refractivity contribution >= 4 is 29.5 Å². The summed E-state index contributed by atoms with van der Waals surface area (Å²) in [4.78, 5) is 23.9. The SMILES string of the molecule is Cc1cc(Cl)c(N2CCC(C(=O)O)CC2)cc1C=O.